The Balaban J connectivity index is 1.39. The normalized spacial score (nSPS) is 17.9. The number of aromatic hydroxyl groups is 1. The zero-order valence-electron chi connectivity index (χ0n) is 17.7. The number of imidazole rings is 1. The molecule has 0 unspecified atom stereocenters. The van der Waals surface area contributed by atoms with Crippen molar-refractivity contribution in [2.75, 3.05) is 36.0 Å². The SMILES string of the molecule is O=c1[nH]c(O)c(C=c2cnn3c(=NC4CC4)nc(N4CCN(c5ccccn5)CC4)nc23)[nH]1. The Morgan fingerprint density at radius 1 is 1.09 bits per heavy atom. The molecule has 1 aliphatic carbocycles. The summed E-state index contributed by atoms with van der Waals surface area (Å²) < 4.78 is 1.61. The van der Waals surface area contributed by atoms with Crippen molar-refractivity contribution in [1.29, 1.82) is 0 Å². The number of aromatic amines is 2. The molecule has 0 amide bonds. The maximum Gasteiger partial charge on any atom is 0.326 e. The first kappa shape index (κ1) is 19.5. The molecule has 0 radical (unpaired) electrons. The predicted molar refractivity (Wildman–Crippen MR) is 120 cm³/mol. The third-order valence-corrected chi connectivity index (χ3v) is 5.78. The zero-order valence-corrected chi connectivity index (χ0v) is 17.7. The number of nitrogens with one attached hydrogen (secondary N) is 2. The van der Waals surface area contributed by atoms with E-state index in [4.69, 9.17) is 15.0 Å². The second-order valence-corrected chi connectivity index (χ2v) is 8.17. The van der Waals surface area contributed by atoms with Gasteiger partial charge in [0.25, 0.3) is 5.62 Å². The second kappa shape index (κ2) is 7.73. The van der Waals surface area contributed by atoms with Crippen LogP contribution in [0.4, 0.5) is 11.8 Å². The van der Waals surface area contributed by atoms with Gasteiger partial charge in [0.15, 0.2) is 5.65 Å². The van der Waals surface area contributed by atoms with Crippen LogP contribution >= 0.6 is 0 Å². The molecule has 3 N–H and O–H groups in total. The molecule has 2 fully saturated rings. The molecule has 0 atom stereocenters. The summed E-state index contributed by atoms with van der Waals surface area (Å²) in [6.45, 7) is 3.10. The van der Waals surface area contributed by atoms with Gasteiger partial charge >= 0.3 is 5.69 Å². The van der Waals surface area contributed by atoms with E-state index in [1.165, 1.54) is 0 Å². The molecule has 1 saturated carbocycles. The van der Waals surface area contributed by atoms with Crippen molar-refractivity contribution >= 4 is 23.5 Å². The van der Waals surface area contributed by atoms with Crippen molar-refractivity contribution in [3.8, 4) is 5.88 Å². The van der Waals surface area contributed by atoms with Gasteiger partial charge in [0.05, 0.1) is 12.2 Å². The number of anilines is 2. The van der Waals surface area contributed by atoms with Crippen LogP contribution in [0, 0.1) is 0 Å². The van der Waals surface area contributed by atoms with Crippen molar-refractivity contribution in [2.45, 2.75) is 18.9 Å². The highest BCUT2D eigenvalue weighted by atomic mass is 16.3. The van der Waals surface area contributed by atoms with Crippen LogP contribution in [0.1, 0.15) is 18.5 Å². The molecule has 0 spiro atoms. The van der Waals surface area contributed by atoms with E-state index in [2.05, 4.69) is 29.9 Å². The van der Waals surface area contributed by atoms with Gasteiger partial charge < -0.3 is 19.9 Å². The first-order chi connectivity index (χ1) is 16.1. The Morgan fingerprint density at radius 3 is 2.61 bits per heavy atom. The van der Waals surface area contributed by atoms with Crippen LogP contribution in [-0.2, 0) is 0 Å². The lowest BCUT2D eigenvalue weighted by Crippen LogP contribution is -2.48. The smallest absolute Gasteiger partial charge is 0.326 e. The van der Waals surface area contributed by atoms with Crippen molar-refractivity contribution in [3.63, 3.8) is 0 Å². The largest absolute Gasteiger partial charge is 0.493 e. The quantitative estimate of drug-likeness (QED) is 0.369. The number of piperazine rings is 1. The van der Waals surface area contributed by atoms with Gasteiger partial charge in [-0.2, -0.15) is 19.6 Å². The van der Waals surface area contributed by atoms with Crippen LogP contribution in [0.2, 0.25) is 0 Å². The lowest BCUT2D eigenvalue weighted by atomic mass is 10.3. The molecule has 6 rings (SSSR count). The zero-order chi connectivity index (χ0) is 22.4. The third kappa shape index (κ3) is 3.79. The monoisotopic (exact) mass is 446 g/mol. The average molecular weight is 446 g/mol. The summed E-state index contributed by atoms with van der Waals surface area (Å²) >= 11 is 0. The van der Waals surface area contributed by atoms with Gasteiger partial charge in [-0.15, -0.1) is 0 Å². The van der Waals surface area contributed by atoms with Crippen molar-refractivity contribution < 1.29 is 5.11 Å². The molecule has 0 bridgehead atoms. The van der Waals surface area contributed by atoms with Crippen molar-refractivity contribution in [3.05, 3.63) is 57.6 Å². The van der Waals surface area contributed by atoms with Gasteiger partial charge in [-0.3, -0.25) is 4.98 Å². The minimum absolute atomic E-state index is 0.234. The Hall–Kier alpha value is -4.22. The molecular formula is C21H22N10O2. The summed E-state index contributed by atoms with van der Waals surface area (Å²) in [5.41, 5.74) is 0.851. The van der Waals surface area contributed by atoms with Gasteiger partial charge in [0.1, 0.15) is 11.5 Å². The molecule has 2 aliphatic rings. The Morgan fingerprint density at radius 2 is 1.91 bits per heavy atom. The Bertz CT molecular complexity index is 1480. The standard InChI is InChI=1S/C21H22N10O2/c32-18-15(25-21(33)27-18)11-13-12-23-31-17(13)26-19(28-20(31)24-14-4-5-14)30-9-7-29(8-10-30)16-3-1-2-6-22-16/h1-3,6,11-12,14,32H,4-5,7-10H2,(H2,25,27,33). The molecule has 168 valence electrons. The van der Waals surface area contributed by atoms with E-state index < -0.39 is 5.69 Å². The first-order valence-electron chi connectivity index (χ1n) is 10.9. The van der Waals surface area contributed by atoms with Gasteiger partial charge in [-0.25, -0.2) is 14.8 Å². The van der Waals surface area contributed by atoms with Gasteiger partial charge in [0.2, 0.25) is 11.8 Å². The highest BCUT2D eigenvalue weighted by Crippen LogP contribution is 2.22. The third-order valence-electron chi connectivity index (χ3n) is 5.78. The number of rotatable bonds is 4. The van der Waals surface area contributed by atoms with E-state index >= 15 is 0 Å². The minimum atomic E-state index is -0.485. The van der Waals surface area contributed by atoms with Crippen molar-refractivity contribution in [2.24, 2.45) is 4.99 Å². The summed E-state index contributed by atoms with van der Waals surface area (Å²) in [7, 11) is 0. The number of hydrogen-bond acceptors (Lipinski definition) is 9. The number of hydrogen-bond donors (Lipinski definition) is 3. The van der Waals surface area contributed by atoms with E-state index in [1.807, 2.05) is 18.2 Å². The molecule has 33 heavy (non-hydrogen) atoms. The molecule has 1 saturated heterocycles. The summed E-state index contributed by atoms with van der Waals surface area (Å²) in [5, 5.41) is 15.0. The minimum Gasteiger partial charge on any atom is -0.493 e. The van der Waals surface area contributed by atoms with Gasteiger partial charge in [0, 0.05) is 37.6 Å². The van der Waals surface area contributed by atoms with Crippen LogP contribution in [0.5, 0.6) is 5.88 Å². The molecular weight excluding hydrogens is 424 g/mol. The van der Waals surface area contributed by atoms with E-state index in [0.717, 1.165) is 44.8 Å². The predicted octanol–water partition coefficient (Wildman–Crippen LogP) is -0.821. The fourth-order valence-electron chi connectivity index (χ4n) is 3.89. The highest BCUT2D eigenvalue weighted by molar-refractivity contribution is 5.57. The lowest BCUT2D eigenvalue weighted by Gasteiger charge is -2.35. The van der Waals surface area contributed by atoms with Crippen LogP contribution in [0.3, 0.4) is 0 Å². The first-order valence-corrected chi connectivity index (χ1v) is 10.9. The summed E-state index contributed by atoms with van der Waals surface area (Å²) in [5.74, 6) is 1.32. The fourth-order valence-corrected chi connectivity index (χ4v) is 3.89. The van der Waals surface area contributed by atoms with E-state index in [0.29, 0.717) is 22.4 Å². The molecule has 1 aliphatic heterocycles. The molecule has 4 aromatic heterocycles. The maximum absolute atomic E-state index is 11.5. The highest BCUT2D eigenvalue weighted by Gasteiger charge is 2.23. The fraction of sp³-hybridized carbons (Fsp3) is 0.333. The topological polar surface area (TPSA) is 144 Å². The van der Waals surface area contributed by atoms with Gasteiger partial charge in [-0.05, 0) is 31.1 Å². The van der Waals surface area contributed by atoms with Crippen LogP contribution in [-0.4, -0.2) is 71.9 Å². The van der Waals surface area contributed by atoms with Crippen LogP contribution in [0.15, 0.2) is 40.4 Å². The number of fused-ring (bicyclic) bond motifs is 1. The van der Waals surface area contributed by atoms with Crippen LogP contribution in [0.25, 0.3) is 11.7 Å². The molecule has 0 aromatic carbocycles. The molecule has 12 nitrogen and oxygen atoms in total. The average Bonchev–Trinajstić information content (AvgIpc) is 3.47. The summed E-state index contributed by atoms with van der Waals surface area (Å²) in [6.07, 6.45) is 7.15. The number of nitrogens with zero attached hydrogens (tertiary/aromatic N) is 8. The van der Waals surface area contributed by atoms with Crippen LogP contribution < -0.4 is 26.3 Å². The Kier molecular flexibility index (Phi) is 4.56. The number of H-pyrrole nitrogens is 2. The van der Waals surface area contributed by atoms with Gasteiger partial charge in [-0.1, -0.05) is 6.07 Å². The summed E-state index contributed by atoms with van der Waals surface area (Å²) in [4.78, 5) is 39.5. The second-order valence-electron chi connectivity index (χ2n) is 8.17. The molecule has 12 heteroatoms. The molecule has 4 aromatic rings. The maximum atomic E-state index is 11.5. The number of aromatic nitrogens is 7. The Labute approximate surface area is 187 Å². The van der Waals surface area contributed by atoms with E-state index in [-0.39, 0.29) is 17.6 Å². The molecule has 5 heterocycles. The van der Waals surface area contributed by atoms with E-state index in [9.17, 15) is 9.90 Å². The summed E-state index contributed by atoms with van der Waals surface area (Å²) in [6, 6.07) is 6.18. The van der Waals surface area contributed by atoms with E-state index in [1.54, 1.807) is 23.0 Å². The number of pyridine rings is 1. The lowest BCUT2D eigenvalue weighted by molar-refractivity contribution is 0.454. The van der Waals surface area contributed by atoms with Crippen molar-refractivity contribution in [1.82, 2.24) is 34.5 Å².